The number of carbonyl (C=O) groups is 1. The smallest absolute Gasteiger partial charge is 0.457 e. The lowest BCUT2D eigenvalue weighted by Crippen LogP contribution is -2.37. The molecule has 0 spiro atoms. The molecule has 0 radical (unpaired) electrons. The molecule has 59 heavy (non-hydrogen) atoms. The van der Waals surface area contributed by atoms with Crippen molar-refractivity contribution >= 4 is 13.8 Å². The fourth-order valence-electron chi connectivity index (χ4n) is 7.11. The van der Waals surface area contributed by atoms with Gasteiger partial charge in [-0.25, -0.2) is 4.57 Å². The van der Waals surface area contributed by atoms with E-state index in [-0.39, 0.29) is 25.8 Å². The number of esters is 1. The van der Waals surface area contributed by atoms with E-state index < -0.39 is 13.9 Å². The fourth-order valence-corrected chi connectivity index (χ4v) is 7.86. The number of carbonyl (C=O) groups excluding carboxylic acids is 1. The summed E-state index contributed by atoms with van der Waals surface area (Å²) in [5, 5.41) is 0. The van der Waals surface area contributed by atoms with Gasteiger partial charge in [-0.05, 0) is 44.9 Å². The number of ether oxygens (including phenoxy) is 2. The van der Waals surface area contributed by atoms with Crippen molar-refractivity contribution in [2.45, 2.75) is 238 Å². The number of unbranched alkanes of at least 4 members (excludes halogenated alkanes) is 29. The second-order valence-corrected chi connectivity index (χ2v) is 19.7. The third-order valence-electron chi connectivity index (χ3n) is 11.0. The Morgan fingerprint density at radius 2 is 0.932 bits per heavy atom. The molecular formula is C50H99NO7P+. The van der Waals surface area contributed by atoms with Crippen LogP contribution in [0.25, 0.3) is 0 Å². The zero-order valence-electron chi connectivity index (χ0n) is 39.8. The number of allylic oxidation sites excluding steroid dienone is 4. The zero-order chi connectivity index (χ0) is 43.4. The normalized spacial score (nSPS) is 13.8. The van der Waals surface area contributed by atoms with E-state index in [0.717, 1.165) is 38.5 Å². The number of rotatable bonds is 47. The maximum Gasteiger partial charge on any atom is 0.472 e. The van der Waals surface area contributed by atoms with Crippen molar-refractivity contribution in [2.75, 3.05) is 54.1 Å². The first-order chi connectivity index (χ1) is 28.6. The molecule has 0 saturated carbocycles. The summed E-state index contributed by atoms with van der Waals surface area (Å²) >= 11 is 0. The Bertz CT molecular complexity index is 998. The van der Waals surface area contributed by atoms with Crippen LogP contribution in [0.4, 0.5) is 0 Å². The molecule has 0 aromatic carbocycles. The van der Waals surface area contributed by atoms with E-state index in [0.29, 0.717) is 24.1 Å². The quantitative estimate of drug-likeness (QED) is 0.0214. The molecule has 9 heteroatoms. The number of likely N-dealkylation sites (N-methyl/N-ethyl adjacent to an activating group) is 1. The van der Waals surface area contributed by atoms with Gasteiger partial charge in [0, 0.05) is 13.0 Å². The molecule has 0 aliphatic rings. The Morgan fingerprint density at radius 1 is 0.525 bits per heavy atom. The number of hydrogen-bond acceptors (Lipinski definition) is 6. The van der Waals surface area contributed by atoms with Gasteiger partial charge in [-0.15, -0.1) is 0 Å². The lowest BCUT2D eigenvalue weighted by atomic mass is 10.0. The SMILES string of the molecule is CCCCCC/C=C\C/C=C\CCCCCCCCCCOCC(COP(=O)(O)OCC[N+](C)(C)C)OC(=O)CCCCCCCCCCCCCCCCCCCC. The largest absolute Gasteiger partial charge is 0.472 e. The van der Waals surface area contributed by atoms with Crippen molar-refractivity contribution in [1.82, 2.24) is 0 Å². The minimum absolute atomic E-state index is 0.0896. The van der Waals surface area contributed by atoms with Crippen LogP contribution < -0.4 is 0 Å². The third kappa shape index (κ3) is 47.9. The van der Waals surface area contributed by atoms with Crippen molar-refractivity contribution in [3.63, 3.8) is 0 Å². The van der Waals surface area contributed by atoms with Crippen LogP contribution in [-0.4, -0.2) is 75.6 Å². The standard InChI is InChI=1S/C50H98NO7P/c1-6-8-10-12-14-16-18-20-22-24-26-28-30-32-34-36-38-40-42-45-55-47-49(48-57-59(53,54)56-46-44-51(3,4)5)58-50(52)43-41-39-37-35-33-31-29-27-25-23-21-19-17-15-13-11-9-7-2/h16,18,22,24,49H,6-15,17,19-21,23,25-48H2,1-5H3/p+1/b18-16-,24-22-. The summed E-state index contributed by atoms with van der Waals surface area (Å²) in [5.74, 6) is -0.311. The maximum absolute atomic E-state index is 12.7. The van der Waals surface area contributed by atoms with Gasteiger partial charge in [-0.2, -0.15) is 0 Å². The van der Waals surface area contributed by atoms with Gasteiger partial charge < -0.3 is 18.9 Å². The highest BCUT2D eigenvalue weighted by Crippen LogP contribution is 2.43. The Balaban J connectivity index is 4.14. The van der Waals surface area contributed by atoms with E-state index in [9.17, 15) is 14.3 Å². The maximum atomic E-state index is 12.7. The summed E-state index contributed by atoms with van der Waals surface area (Å²) in [4.78, 5) is 23.0. The molecule has 0 bridgehead atoms. The molecule has 2 unspecified atom stereocenters. The molecule has 0 aliphatic carbocycles. The van der Waals surface area contributed by atoms with Gasteiger partial charge in [0.15, 0.2) is 0 Å². The molecule has 0 amide bonds. The molecule has 0 heterocycles. The van der Waals surface area contributed by atoms with Crippen molar-refractivity contribution in [3.05, 3.63) is 24.3 Å². The van der Waals surface area contributed by atoms with Crippen LogP contribution >= 0.6 is 7.82 Å². The summed E-state index contributed by atoms with van der Waals surface area (Å²) in [7, 11) is 1.67. The number of hydrogen-bond donors (Lipinski definition) is 1. The van der Waals surface area contributed by atoms with Crippen LogP contribution in [0, 0.1) is 0 Å². The molecule has 0 fully saturated rings. The molecule has 0 saturated heterocycles. The highest BCUT2D eigenvalue weighted by molar-refractivity contribution is 7.47. The van der Waals surface area contributed by atoms with E-state index in [4.69, 9.17) is 18.5 Å². The first-order valence-corrected chi connectivity index (χ1v) is 26.6. The molecular weight excluding hydrogens is 758 g/mol. The molecule has 2 atom stereocenters. The van der Waals surface area contributed by atoms with Gasteiger partial charge in [-0.3, -0.25) is 13.8 Å². The Hall–Kier alpha value is -1.02. The first kappa shape index (κ1) is 58.0. The summed E-state index contributed by atoms with van der Waals surface area (Å²) in [6.45, 7) is 5.64. The van der Waals surface area contributed by atoms with Crippen molar-refractivity contribution in [2.24, 2.45) is 0 Å². The Labute approximate surface area is 366 Å². The van der Waals surface area contributed by atoms with Gasteiger partial charge >= 0.3 is 13.8 Å². The minimum atomic E-state index is -4.28. The lowest BCUT2D eigenvalue weighted by Gasteiger charge is -2.24. The van der Waals surface area contributed by atoms with E-state index in [1.54, 1.807) is 0 Å². The Morgan fingerprint density at radius 3 is 1.39 bits per heavy atom. The molecule has 350 valence electrons. The highest BCUT2D eigenvalue weighted by atomic mass is 31.2. The van der Waals surface area contributed by atoms with Crippen LogP contribution in [0.5, 0.6) is 0 Å². The third-order valence-corrected chi connectivity index (χ3v) is 12.0. The average Bonchev–Trinajstić information content (AvgIpc) is 3.19. The Kier molecular flexibility index (Phi) is 42.9. The van der Waals surface area contributed by atoms with Gasteiger partial charge in [0.1, 0.15) is 19.3 Å². The van der Waals surface area contributed by atoms with Crippen molar-refractivity contribution < 1.29 is 37.3 Å². The summed E-state index contributed by atoms with van der Waals surface area (Å²) in [6.07, 6.45) is 50.7. The fraction of sp³-hybridized carbons (Fsp3) is 0.900. The number of nitrogens with zero attached hydrogens (tertiary/aromatic N) is 1. The number of phosphoric ester groups is 1. The second-order valence-electron chi connectivity index (χ2n) is 18.2. The molecule has 1 N–H and O–H groups in total. The summed E-state index contributed by atoms with van der Waals surface area (Å²) < 4.78 is 35.1. The monoisotopic (exact) mass is 857 g/mol. The number of quaternary nitrogens is 1. The van der Waals surface area contributed by atoms with Crippen LogP contribution in [0.2, 0.25) is 0 Å². The summed E-state index contributed by atoms with van der Waals surface area (Å²) in [6, 6.07) is 0. The van der Waals surface area contributed by atoms with E-state index in [2.05, 4.69) is 38.2 Å². The van der Waals surface area contributed by atoms with Gasteiger partial charge in [-0.1, -0.05) is 205 Å². The highest BCUT2D eigenvalue weighted by Gasteiger charge is 2.26. The average molecular weight is 857 g/mol. The number of phosphoric acid groups is 1. The minimum Gasteiger partial charge on any atom is -0.457 e. The molecule has 0 aliphatic heterocycles. The lowest BCUT2D eigenvalue weighted by molar-refractivity contribution is -0.870. The zero-order valence-corrected chi connectivity index (χ0v) is 40.6. The summed E-state index contributed by atoms with van der Waals surface area (Å²) in [5.41, 5.74) is 0. The molecule has 0 rings (SSSR count). The van der Waals surface area contributed by atoms with Crippen LogP contribution in [0.15, 0.2) is 24.3 Å². The molecule has 0 aromatic heterocycles. The van der Waals surface area contributed by atoms with Crippen LogP contribution in [0.1, 0.15) is 232 Å². The van der Waals surface area contributed by atoms with Gasteiger partial charge in [0.05, 0.1) is 34.4 Å². The topological polar surface area (TPSA) is 91.3 Å². The van der Waals surface area contributed by atoms with Gasteiger partial charge in [0.25, 0.3) is 0 Å². The van der Waals surface area contributed by atoms with Crippen molar-refractivity contribution in [1.29, 1.82) is 0 Å². The molecule has 8 nitrogen and oxygen atoms in total. The first-order valence-electron chi connectivity index (χ1n) is 25.1. The van der Waals surface area contributed by atoms with E-state index in [1.165, 1.54) is 173 Å². The van der Waals surface area contributed by atoms with Crippen molar-refractivity contribution in [3.8, 4) is 0 Å². The van der Waals surface area contributed by atoms with Gasteiger partial charge in [0.2, 0.25) is 0 Å². The van der Waals surface area contributed by atoms with Crippen LogP contribution in [0.3, 0.4) is 0 Å². The second kappa shape index (κ2) is 43.6. The predicted molar refractivity (Wildman–Crippen MR) is 252 cm³/mol. The van der Waals surface area contributed by atoms with Crippen LogP contribution in [-0.2, 0) is 27.9 Å². The molecule has 0 aromatic rings. The predicted octanol–water partition coefficient (Wildman–Crippen LogP) is 15.2. The van der Waals surface area contributed by atoms with E-state index >= 15 is 0 Å². The van der Waals surface area contributed by atoms with E-state index in [1.807, 2.05) is 21.1 Å².